The van der Waals surface area contributed by atoms with E-state index in [9.17, 15) is 4.79 Å². The molecule has 0 amide bonds. The highest BCUT2D eigenvalue weighted by Gasteiger charge is 2.12. The van der Waals surface area contributed by atoms with Crippen LogP contribution in [0, 0.1) is 5.92 Å². The van der Waals surface area contributed by atoms with Crippen molar-refractivity contribution in [2.75, 3.05) is 19.8 Å². The van der Waals surface area contributed by atoms with Crippen molar-refractivity contribution in [1.29, 1.82) is 0 Å². The normalized spacial score (nSPS) is 11.4. The minimum absolute atomic E-state index is 0.100. The predicted octanol–water partition coefficient (Wildman–Crippen LogP) is 4.38. The molecular weight excluding hydrogens is 378 g/mol. The molecule has 2 aromatic carbocycles. The van der Waals surface area contributed by atoms with E-state index in [0.29, 0.717) is 36.9 Å². The molecule has 0 bridgehead atoms. The SMILES string of the molecule is CCOc1cc(CN(CC)Cc2nc3ccccc3c(=O)[nH]2)ccc1OCC(C)C. The zero-order valence-corrected chi connectivity index (χ0v) is 18.3. The number of hydrogen-bond donors (Lipinski definition) is 1. The molecule has 6 nitrogen and oxygen atoms in total. The fourth-order valence-corrected chi connectivity index (χ4v) is 3.25. The van der Waals surface area contributed by atoms with Crippen LogP contribution < -0.4 is 15.0 Å². The molecule has 3 rings (SSSR count). The van der Waals surface area contributed by atoms with Gasteiger partial charge in [-0.25, -0.2) is 4.98 Å². The molecule has 0 aliphatic heterocycles. The number of rotatable bonds is 10. The summed E-state index contributed by atoms with van der Waals surface area (Å²) >= 11 is 0. The van der Waals surface area contributed by atoms with E-state index in [4.69, 9.17) is 9.47 Å². The van der Waals surface area contributed by atoms with Gasteiger partial charge in [0.25, 0.3) is 5.56 Å². The first kappa shape index (κ1) is 21.8. The molecule has 0 atom stereocenters. The van der Waals surface area contributed by atoms with Gasteiger partial charge < -0.3 is 14.5 Å². The number of aromatic amines is 1. The topological polar surface area (TPSA) is 67.5 Å². The van der Waals surface area contributed by atoms with E-state index in [1.165, 1.54) is 0 Å². The second-order valence-corrected chi connectivity index (χ2v) is 7.75. The molecule has 0 spiro atoms. The van der Waals surface area contributed by atoms with Gasteiger partial charge in [0.2, 0.25) is 0 Å². The van der Waals surface area contributed by atoms with Gasteiger partial charge in [-0.05, 0) is 49.2 Å². The predicted molar refractivity (Wildman–Crippen MR) is 120 cm³/mol. The van der Waals surface area contributed by atoms with Gasteiger partial charge in [0.05, 0.1) is 30.7 Å². The Hall–Kier alpha value is -2.86. The fraction of sp³-hybridized carbons (Fsp3) is 0.417. The van der Waals surface area contributed by atoms with Crippen molar-refractivity contribution < 1.29 is 9.47 Å². The van der Waals surface area contributed by atoms with Crippen LogP contribution in [0.25, 0.3) is 10.9 Å². The molecule has 0 saturated heterocycles. The highest BCUT2D eigenvalue weighted by Crippen LogP contribution is 2.29. The van der Waals surface area contributed by atoms with Gasteiger partial charge in [-0.3, -0.25) is 9.69 Å². The number of aromatic nitrogens is 2. The van der Waals surface area contributed by atoms with Gasteiger partial charge in [-0.1, -0.05) is 39.0 Å². The second-order valence-electron chi connectivity index (χ2n) is 7.75. The first-order chi connectivity index (χ1) is 14.5. The number of benzene rings is 2. The number of H-pyrrole nitrogens is 1. The number of hydrogen-bond acceptors (Lipinski definition) is 5. The molecule has 0 unspecified atom stereocenters. The molecule has 6 heteroatoms. The Morgan fingerprint density at radius 2 is 1.83 bits per heavy atom. The van der Waals surface area contributed by atoms with Gasteiger partial charge in [-0.2, -0.15) is 0 Å². The van der Waals surface area contributed by atoms with Gasteiger partial charge in [-0.15, -0.1) is 0 Å². The Labute approximate surface area is 177 Å². The average molecular weight is 410 g/mol. The quantitative estimate of drug-likeness (QED) is 0.538. The Balaban J connectivity index is 1.76. The van der Waals surface area contributed by atoms with Crippen molar-refractivity contribution in [1.82, 2.24) is 14.9 Å². The second kappa shape index (κ2) is 10.3. The Kier molecular flexibility index (Phi) is 7.46. The van der Waals surface area contributed by atoms with Gasteiger partial charge in [0.1, 0.15) is 5.82 Å². The summed E-state index contributed by atoms with van der Waals surface area (Å²) in [5, 5.41) is 0.614. The molecule has 160 valence electrons. The average Bonchev–Trinajstić information content (AvgIpc) is 2.73. The van der Waals surface area contributed by atoms with Crippen LogP contribution in [-0.2, 0) is 13.1 Å². The first-order valence-electron chi connectivity index (χ1n) is 10.6. The zero-order chi connectivity index (χ0) is 21.5. The maximum atomic E-state index is 12.3. The van der Waals surface area contributed by atoms with E-state index in [1.807, 2.05) is 37.3 Å². The molecule has 0 aliphatic rings. The summed E-state index contributed by atoms with van der Waals surface area (Å²) in [4.78, 5) is 22.1. The highest BCUT2D eigenvalue weighted by molar-refractivity contribution is 5.77. The molecule has 30 heavy (non-hydrogen) atoms. The number of para-hydroxylation sites is 1. The van der Waals surface area contributed by atoms with Gasteiger partial charge in [0.15, 0.2) is 11.5 Å². The maximum absolute atomic E-state index is 12.3. The number of fused-ring (bicyclic) bond motifs is 1. The lowest BCUT2D eigenvalue weighted by Gasteiger charge is -2.21. The summed E-state index contributed by atoms with van der Waals surface area (Å²) in [6, 6.07) is 13.5. The number of ether oxygens (including phenoxy) is 2. The molecular formula is C24H31N3O3. The van der Waals surface area contributed by atoms with Crippen LogP contribution in [0.5, 0.6) is 11.5 Å². The standard InChI is InChI=1S/C24H31N3O3/c1-5-27(15-23-25-20-10-8-7-9-19(20)24(28)26-23)14-18-11-12-21(30-16-17(3)4)22(13-18)29-6-2/h7-13,17H,5-6,14-16H2,1-4H3,(H,25,26,28). The minimum atomic E-state index is -0.100. The molecule has 1 N–H and O–H groups in total. The van der Waals surface area contributed by atoms with Crippen LogP contribution in [0.15, 0.2) is 47.3 Å². The maximum Gasteiger partial charge on any atom is 0.258 e. The van der Waals surface area contributed by atoms with E-state index >= 15 is 0 Å². The van der Waals surface area contributed by atoms with E-state index in [-0.39, 0.29) is 5.56 Å². The van der Waals surface area contributed by atoms with Crippen LogP contribution in [0.4, 0.5) is 0 Å². The minimum Gasteiger partial charge on any atom is -0.490 e. The largest absolute Gasteiger partial charge is 0.490 e. The van der Waals surface area contributed by atoms with Gasteiger partial charge >= 0.3 is 0 Å². The lowest BCUT2D eigenvalue weighted by molar-refractivity contribution is 0.245. The van der Waals surface area contributed by atoms with Crippen LogP contribution >= 0.6 is 0 Å². The van der Waals surface area contributed by atoms with Crippen LogP contribution in [0.1, 0.15) is 39.1 Å². The third kappa shape index (κ3) is 5.60. The highest BCUT2D eigenvalue weighted by atomic mass is 16.5. The summed E-state index contributed by atoms with van der Waals surface area (Å²) in [5.41, 5.74) is 1.75. The summed E-state index contributed by atoms with van der Waals surface area (Å²) in [6.45, 7) is 11.7. The molecule has 0 aliphatic carbocycles. The van der Waals surface area contributed by atoms with Crippen molar-refractivity contribution >= 4 is 10.9 Å². The number of nitrogens with one attached hydrogen (secondary N) is 1. The summed E-state index contributed by atoms with van der Waals surface area (Å²) in [7, 11) is 0. The van der Waals surface area contributed by atoms with Crippen LogP contribution in [0.2, 0.25) is 0 Å². The summed E-state index contributed by atoms with van der Waals surface area (Å²) in [6.07, 6.45) is 0. The summed E-state index contributed by atoms with van der Waals surface area (Å²) in [5.74, 6) is 2.66. The fourth-order valence-electron chi connectivity index (χ4n) is 3.25. The molecule has 1 aromatic heterocycles. The monoisotopic (exact) mass is 409 g/mol. The van der Waals surface area contributed by atoms with Crippen molar-refractivity contribution in [2.24, 2.45) is 5.92 Å². The van der Waals surface area contributed by atoms with Crippen molar-refractivity contribution in [2.45, 2.75) is 40.8 Å². The third-order valence-corrected chi connectivity index (χ3v) is 4.77. The first-order valence-corrected chi connectivity index (χ1v) is 10.6. The zero-order valence-electron chi connectivity index (χ0n) is 18.3. The van der Waals surface area contributed by atoms with Crippen molar-refractivity contribution in [3.8, 4) is 11.5 Å². The lowest BCUT2D eigenvalue weighted by atomic mass is 10.1. The van der Waals surface area contributed by atoms with E-state index in [1.54, 1.807) is 6.07 Å². The molecule has 0 fully saturated rings. The van der Waals surface area contributed by atoms with E-state index in [0.717, 1.165) is 35.7 Å². The van der Waals surface area contributed by atoms with E-state index < -0.39 is 0 Å². The third-order valence-electron chi connectivity index (χ3n) is 4.77. The lowest BCUT2D eigenvalue weighted by Crippen LogP contribution is -2.25. The molecule has 0 radical (unpaired) electrons. The van der Waals surface area contributed by atoms with E-state index in [2.05, 4.69) is 41.7 Å². The smallest absolute Gasteiger partial charge is 0.258 e. The van der Waals surface area contributed by atoms with Gasteiger partial charge in [0, 0.05) is 6.54 Å². The van der Waals surface area contributed by atoms with Crippen molar-refractivity contribution in [3.05, 3.63) is 64.2 Å². The molecule has 3 aromatic rings. The Bertz CT molecular complexity index is 1030. The van der Waals surface area contributed by atoms with Crippen molar-refractivity contribution in [3.63, 3.8) is 0 Å². The van der Waals surface area contributed by atoms with Crippen LogP contribution in [0.3, 0.4) is 0 Å². The number of nitrogens with zero attached hydrogens (tertiary/aromatic N) is 2. The Morgan fingerprint density at radius 3 is 2.57 bits per heavy atom. The molecule has 1 heterocycles. The van der Waals surface area contributed by atoms with Crippen LogP contribution in [-0.4, -0.2) is 34.6 Å². The summed E-state index contributed by atoms with van der Waals surface area (Å²) < 4.78 is 11.7. The molecule has 0 saturated carbocycles. The Morgan fingerprint density at radius 1 is 1.03 bits per heavy atom.